The third-order valence-corrected chi connectivity index (χ3v) is 3.19. The second-order valence-corrected chi connectivity index (χ2v) is 4.84. The molecule has 0 aromatic heterocycles. The molecule has 0 heterocycles. The SMILES string of the molecule is Fc1c(Cl)cccc1CNCCCCCBr. The van der Waals surface area contributed by atoms with Crippen LogP contribution in [0.3, 0.4) is 0 Å². The monoisotopic (exact) mass is 307 g/mol. The maximum atomic E-state index is 13.5. The maximum absolute atomic E-state index is 13.5. The summed E-state index contributed by atoms with van der Waals surface area (Å²) in [5.41, 5.74) is 0.632. The Morgan fingerprint density at radius 2 is 2.06 bits per heavy atom. The Morgan fingerprint density at radius 3 is 2.81 bits per heavy atom. The number of halogens is 3. The van der Waals surface area contributed by atoms with Crippen molar-refractivity contribution < 1.29 is 4.39 Å². The minimum Gasteiger partial charge on any atom is -0.313 e. The van der Waals surface area contributed by atoms with E-state index in [4.69, 9.17) is 11.6 Å². The third kappa shape index (κ3) is 4.81. The van der Waals surface area contributed by atoms with Crippen LogP contribution in [-0.4, -0.2) is 11.9 Å². The normalized spacial score (nSPS) is 10.7. The summed E-state index contributed by atoms with van der Waals surface area (Å²) in [5, 5.41) is 4.46. The zero-order chi connectivity index (χ0) is 11.8. The number of benzene rings is 1. The summed E-state index contributed by atoms with van der Waals surface area (Å²) in [6.07, 6.45) is 3.50. The van der Waals surface area contributed by atoms with Crippen molar-refractivity contribution in [3.63, 3.8) is 0 Å². The van der Waals surface area contributed by atoms with Gasteiger partial charge in [-0.25, -0.2) is 4.39 Å². The van der Waals surface area contributed by atoms with Gasteiger partial charge in [-0.2, -0.15) is 0 Å². The van der Waals surface area contributed by atoms with Crippen molar-refractivity contribution in [1.29, 1.82) is 0 Å². The van der Waals surface area contributed by atoms with Gasteiger partial charge in [0.05, 0.1) is 5.02 Å². The van der Waals surface area contributed by atoms with Gasteiger partial charge in [-0.05, 0) is 25.5 Å². The number of hydrogen-bond acceptors (Lipinski definition) is 1. The first-order chi connectivity index (χ1) is 7.75. The molecule has 1 nitrogen and oxygen atoms in total. The summed E-state index contributed by atoms with van der Waals surface area (Å²) >= 11 is 9.08. The van der Waals surface area contributed by atoms with Gasteiger partial charge in [0.25, 0.3) is 0 Å². The van der Waals surface area contributed by atoms with E-state index in [1.165, 1.54) is 12.8 Å². The highest BCUT2D eigenvalue weighted by Gasteiger charge is 2.04. The van der Waals surface area contributed by atoms with Gasteiger partial charge in [-0.3, -0.25) is 0 Å². The van der Waals surface area contributed by atoms with E-state index in [1.54, 1.807) is 18.2 Å². The lowest BCUT2D eigenvalue weighted by Gasteiger charge is -2.06. The lowest BCUT2D eigenvalue weighted by molar-refractivity contribution is 0.574. The zero-order valence-electron chi connectivity index (χ0n) is 9.11. The fraction of sp³-hybridized carbons (Fsp3) is 0.500. The average molecular weight is 309 g/mol. The molecule has 0 unspecified atom stereocenters. The van der Waals surface area contributed by atoms with Gasteiger partial charge >= 0.3 is 0 Å². The number of rotatable bonds is 7. The summed E-state index contributed by atoms with van der Waals surface area (Å²) in [6.45, 7) is 1.46. The maximum Gasteiger partial charge on any atom is 0.146 e. The van der Waals surface area contributed by atoms with Crippen molar-refractivity contribution >= 4 is 27.5 Å². The molecular formula is C12H16BrClFN. The molecule has 0 atom stereocenters. The van der Waals surface area contributed by atoms with Crippen LogP contribution < -0.4 is 5.32 Å². The van der Waals surface area contributed by atoms with Crippen molar-refractivity contribution in [3.8, 4) is 0 Å². The molecule has 1 aromatic rings. The summed E-state index contributed by atoms with van der Waals surface area (Å²) < 4.78 is 13.5. The van der Waals surface area contributed by atoms with Crippen LogP contribution in [0.25, 0.3) is 0 Å². The second kappa shape index (κ2) is 8.04. The Hall–Kier alpha value is -0.120. The predicted octanol–water partition coefficient (Wildman–Crippen LogP) is 4.13. The minimum absolute atomic E-state index is 0.193. The van der Waals surface area contributed by atoms with Gasteiger partial charge in [-0.15, -0.1) is 0 Å². The second-order valence-electron chi connectivity index (χ2n) is 3.64. The van der Waals surface area contributed by atoms with Crippen molar-refractivity contribution in [2.75, 3.05) is 11.9 Å². The van der Waals surface area contributed by atoms with Crippen LogP contribution in [0.1, 0.15) is 24.8 Å². The fourth-order valence-electron chi connectivity index (χ4n) is 1.43. The first kappa shape index (κ1) is 13.9. The van der Waals surface area contributed by atoms with Crippen molar-refractivity contribution in [1.82, 2.24) is 5.32 Å². The third-order valence-electron chi connectivity index (χ3n) is 2.33. The molecule has 4 heteroatoms. The Bertz CT molecular complexity index is 320. The molecule has 0 aliphatic rings. The van der Waals surface area contributed by atoms with Gasteiger partial charge in [0.1, 0.15) is 5.82 Å². The molecule has 0 spiro atoms. The molecule has 0 saturated carbocycles. The van der Waals surface area contributed by atoms with E-state index in [1.807, 2.05) is 0 Å². The van der Waals surface area contributed by atoms with Crippen LogP contribution in [0.4, 0.5) is 4.39 Å². The van der Waals surface area contributed by atoms with Gasteiger partial charge in [0.15, 0.2) is 0 Å². The minimum atomic E-state index is -0.308. The Labute approximate surface area is 110 Å². The van der Waals surface area contributed by atoms with Crippen LogP contribution in [-0.2, 0) is 6.54 Å². The highest BCUT2D eigenvalue weighted by Crippen LogP contribution is 2.17. The summed E-state index contributed by atoms with van der Waals surface area (Å²) in [7, 11) is 0. The van der Waals surface area contributed by atoms with E-state index in [-0.39, 0.29) is 10.8 Å². The molecule has 0 aliphatic heterocycles. The van der Waals surface area contributed by atoms with Crippen LogP contribution in [0, 0.1) is 5.82 Å². The number of hydrogen-bond donors (Lipinski definition) is 1. The molecular weight excluding hydrogens is 292 g/mol. The van der Waals surface area contributed by atoms with Crippen LogP contribution in [0.2, 0.25) is 5.02 Å². The van der Waals surface area contributed by atoms with Crippen LogP contribution in [0.5, 0.6) is 0 Å². The number of unbranched alkanes of at least 4 members (excludes halogenated alkanes) is 2. The molecule has 0 radical (unpaired) electrons. The molecule has 0 amide bonds. The molecule has 0 saturated heterocycles. The molecule has 0 fully saturated rings. The first-order valence-electron chi connectivity index (χ1n) is 5.45. The van der Waals surface area contributed by atoms with E-state index in [0.717, 1.165) is 18.3 Å². The topological polar surface area (TPSA) is 12.0 Å². The quantitative estimate of drug-likeness (QED) is 0.590. The predicted molar refractivity (Wildman–Crippen MR) is 70.8 cm³/mol. The van der Waals surface area contributed by atoms with Crippen molar-refractivity contribution in [2.45, 2.75) is 25.8 Å². The molecule has 16 heavy (non-hydrogen) atoms. The molecule has 1 rings (SSSR count). The van der Waals surface area contributed by atoms with E-state index in [0.29, 0.717) is 12.1 Å². The molecule has 0 aliphatic carbocycles. The summed E-state index contributed by atoms with van der Waals surface area (Å²) in [4.78, 5) is 0. The van der Waals surface area contributed by atoms with E-state index < -0.39 is 0 Å². The van der Waals surface area contributed by atoms with E-state index in [2.05, 4.69) is 21.2 Å². The average Bonchev–Trinajstić information content (AvgIpc) is 2.29. The Morgan fingerprint density at radius 1 is 1.25 bits per heavy atom. The van der Waals surface area contributed by atoms with E-state index >= 15 is 0 Å². The summed E-state index contributed by atoms with van der Waals surface area (Å²) in [6, 6.07) is 5.09. The molecule has 0 bridgehead atoms. The van der Waals surface area contributed by atoms with Gasteiger partial charge in [0.2, 0.25) is 0 Å². The molecule has 90 valence electrons. The van der Waals surface area contributed by atoms with Crippen LogP contribution in [0.15, 0.2) is 18.2 Å². The highest BCUT2D eigenvalue weighted by molar-refractivity contribution is 9.09. The standard InChI is InChI=1S/C12H16BrClFN/c13-7-2-1-3-8-16-9-10-5-4-6-11(14)12(10)15/h4-6,16H,1-3,7-9H2. The molecule has 1 aromatic carbocycles. The van der Waals surface area contributed by atoms with Crippen molar-refractivity contribution in [2.24, 2.45) is 0 Å². The Kier molecular flexibility index (Phi) is 7.01. The van der Waals surface area contributed by atoms with E-state index in [9.17, 15) is 4.39 Å². The number of nitrogens with one attached hydrogen (secondary N) is 1. The first-order valence-corrected chi connectivity index (χ1v) is 6.95. The highest BCUT2D eigenvalue weighted by atomic mass is 79.9. The summed E-state index contributed by atoms with van der Waals surface area (Å²) in [5.74, 6) is -0.308. The van der Waals surface area contributed by atoms with Gasteiger partial charge in [-0.1, -0.05) is 46.1 Å². The fourth-order valence-corrected chi connectivity index (χ4v) is 2.02. The zero-order valence-corrected chi connectivity index (χ0v) is 11.5. The van der Waals surface area contributed by atoms with Gasteiger partial charge in [0, 0.05) is 17.4 Å². The van der Waals surface area contributed by atoms with Crippen LogP contribution >= 0.6 is 27.5 Å². The smallest absolute Gasteiger partial charge is 0.146 e. The molecule has 1 N–H and O–H groups in total. The largest absolute Gasteiger partial charge is 0.313 e. The lowest BCUT2D eigenvalue weighted by atomic mass is 10.2. The lowest BCUT2D eigenvalue weighted by Crippen LogP contribution is -2.15. The number of alkyl halides is 1. The van der Waals surface area contributed by atoms with Gasteiger partial charge < -0.3 is 5.32 Å². The van der Waals surface area contributed by atoms with Crippen molar-refractivity contribution in [3.05, 3.63) is 34.6 Å². The Balaban J connectivity index is 2.24.